The molecule has 0 bridgehead atoms. The normalized spacial score (nSPS) is 16.9. The van der Waals surface area contributed by atoms with Crippen LogP contribution < -0.4 is 16.2 Å². The lowest BCUT2D eigenvalue weighted by Gasteiger charge is -2.10. The summed E-state index contributed by atoms with van der Waals surface area (Å²) in [5.74, 6) is -0.117. The zero-order chi connectivity index (χ0) is 14.1. The van der Waals surface area contributed by atoms with E-state index in [0.29, 0.717) is 13.0 Å². The Bertz CT molecular complexity index is 577. The van der Waals surface area contributed by atoms with Crippen molar-refractivity contribution in [1.82, 2.24) is 5.32 Å². The minimum Gasteiger partial charge on any atom is -0.354 e. The summed E-state index contributed by atoms with van der Waals surface area (Å²) in [6.45, 7) is 0.479. The first kappa shape index (κ1) is 14.0. The molecule has 19 heavy (non-hydrogen) atoms. The van der Waals surface area contributed by atoms with Crippen molar-refractivity contribution in [3.05, 3.63) is 29.8 Å². The van der Waals surface area contributed by atoms with Crippen LogP contribution in [-0.2, 0) is 21.2 Å². The highest BCUT2D eigenvalue weighted by molar-refractivity contribution is 7.89. The van der Waals surface area contributed by atoms with Crippen molar-refractivity contribution in [1.29, 1.82) is 0 Å². The van der Waals surface area contributed by atoms with Crippen LogP contribution in [0.5, 0.6) is 0 Å². The first-order chi connectivity index (χ1) is 8.81. The topological polar surface area (TPSA) is 115 Å². The molecule has 1 saturated carbocycles. The maximum atomic E-state index is 11.6. The van der Waals surface area contributed by atoms with Crippen LogP contribution in [0.4, 0.5) is 0 Å². The van der Waals surface area contributed by atoms with Gasteiger partial charge < -0.3 is 11.1 Å². The molecule has 1 aromatic rings. The SMILES string of the molecule is NC1(C(=O)NCCc2ccc(S(N)(=O)=O)cc2)CC1. The molecule has 0 atom stereocenters. The Morgan fingerprint density at radius 2 is 1.84 bits per heavy atom. The van der Waals surface area contributed by atoms with Gasteiger partial charge in [0.15, 0.2) is 0 Å². The molecule has 0 unspecified atom stereocenters. The summed E-state index contributed by atoms with van der Waals surface area (Å²) in [5, 5.41) is 7.77. The number of nitrogens with one attached hydrogen (secondary N) is 1. The number of hydrogen-bond acceptors (Lipinski definition) is 4. The minimum atomic E-state index is -3.65. The van der Waals surface area contributed by atoms with Gasteiger partial charge in [-0.1, -0.05) is 12.1 Å². The second-order valence-corrected chi connectivity index (χ2v) is 6.41. The van der Waals surface area contributed by atoms with Gasteiger partial charge in [-0.15, -0.1) is 0 Å². The smallest absolute Gasteiger partial charge is 0.240 e. The van der Waals surface area contributed by atoms with Crippen LogP contribution in [0.25, 0.3) is 0 Å². The van der Waals surface area contributed by atoms with Crippen LogP contribution in [0.1, 0.15) is 18.4 Å². The number of carbonyl (C=O) groups is 1. The van der Waals surface area contributed by atoms with Crippen molar-refractivity contribution < 1.29 is 13.2 Å². The van der Waals surface area contributed by atoms with E-state index in [1.54, 1.807) is 12.1 Å². The molecule has 5 N–H and O–H groups in total. The average Bonchev–Trinajstić information content (AvgIpc) is 3.08. The van der Waals surface area contributed by atoms with E-state index in [1.165, 1.54) is 12.1 Å². The van der Waals surface area contributed by atoms with Crippen LogP contribution in [0.2, 0.25) is 0 Å². The molecule has 7 heteroatoms. The van der Waals surface area contributed by atoms with E-state index >= 15 is 0 Å². The van der Waals surface area contributed by atoms with E-state index in [0.717, 1.165) is 18.4 Å². The summed E-state index contributed by atoms with van der Waals surface area (Å²) >= 11 is 0. The van der Waals surface area contributed by atoms with Crippen LogP contribution in [0.15, 0.2) is 29.2 Å². The van der Waals surface area contributed by atoms with Crippen molar-refractivity contribution in [2.24, 2.45) is 10.9 Å². The van der Waals surface area contributed by atoms with Crippen LogP contribution in [0, 0.1) is 0 Å². The molecule has 6 nitrogen and oxygen atoms in total. The molecule has 1 aliphatic rings. The predicted octanol–water partition coefficient (Wildman–Crippen LogP) is -0.516. The number of primary sulfonamides is 1. The third kappa shape index (κ3) is 3.52. The summed E-state index contributed by atoms with van der Waals surface area (Å²) < 4.78 is 22.1. The fourth-order valence-corrected chi connectivity index (χ4v) is 2.22. The molecule has 0 aromatic heterocycles. The van der Waals surface area contributed by atoms with Crippen molar-refractivity contribution >= 4 is 15.9 Å². The van der Waals surface area contributed by atoms with E-state index in [4.69, 9.17) is 10.9 Å². The molecule has 0 saturated heterocycles. The Morgan fingerprint density at radius 1 is 1.26 bits per heavy atom. The third-order valence-electron chi connectivity index (χ3n) is 3.19. The van der Waals surface area contributed by atoms with Gasteiger partial charge in [0.2, 0.25) is 15.9 Å². The maximum absolute atomic E-state index is 11.6. The third-order valence-corrected chi connectivity index (χ3v) is 4.12. The fourth-order valence-electron chi connectivity index (χ4n) is 1.70. The summed E-state index contributed by atoms with van der Waals surface area (Å²) in [7, 11) is -3.65. The van der Waals surface area contributed by atoms with E-state index in [2.05, 4.69) is 5.32 Å². The number of benzene rings is 1. The van der Waals surface area contributed by atoms with Crippen LogP contribution >= 0.6 is 0 Å². The molecule has 1 fully saturated rings. The molecule has 1 amide bonds. The predicted molar refractivity (Wildman–Crippen MR) is 70.7 cm³/mol. The van der Waals surface area contributed by atoms with Gasteiger partial charge in [-0.05, 0) is 37.0 Å². The number of nitrogens with two attached hydrogens (primary N) is 2. The molecule has 0 heterocycles. The van der Waals surface area contributed by atoms with Gasteiger partial charge in [0.25, 0.3) is 0 Å². The van der Waals surface area contributed by atoms with Crippen molar-refractivity contribution in [3.8, 4) is 0 Å². The molecule has 104 valence electrons. The van der Waals surface area contributed by atoms with Gasteiger partial charge in [-0.25, -0.2) is 13.6 Å². The van der Waals surface area contributed by atoms with E-state index < -0.39 is 15.6 Å². The van der Waals surface area contributed by atoms with Crippen molar-refractivity contribution in [2.75, 3.05) is 6.54 Å². The molecule has 0 radical (unpaired) electrons. The summed E-state index contributed by atoms with van der Waals surface area (Å²) in [6.07, 6.45) is 2.09. The Hall–Kier alpha value is -1.44. The van der Waals surface area contributed by atoms with Crippen molar-refractivity contribution in [2.45, 2.75) is 29.7 Å². The Morgan fingerprint density at radius 3 is 2.32 bits per heavy atom. The van der Waals surface area contributed by atoms with Gasteiger partial charge in [-0.2, -0.15) is 0 Å². The largest absolute Gasteiger partial charge is 0.354 e. The van der Waals surface area contributed by atoms with Crippen molar-refractivity contribution in [3.63, 3.8) is 0 Å². The lowest BCUT2D eigenvalue weighted by atomic mass is 10.1. The second-order valence-electron chi connectivity index (χ2n) is 4.85. The first-order valence-electron chi connectivity index (χ1n) is 6.00. The van der Waals surface area contributed by atoms with Gasteiger partial charge in [0, 0.05) is 6.54 Å². The lowest BCUT2D eigenvalue weighted by molar-refractivity contribution is -0.123. The second kappa shape index (κ2) is 4.92. The highest BCUT2D eigenvalue weighted by Crippen LogP contribution is 2.31. The van der Waals surface area contributed by atoms with Crippen LogP contribution in [0.3, 0.4) is 0 Å². The first-order valence-corrected chi connectivity index (χ1v) is 7.55. The molecule has 1 aromatic carbocycles. The number of amides is 1. The number of rotatable bonds is 5. The summed E-state index contributed by atoms with van der Waals surface area (Å²) in [5.41, 5.74) is 6.01. The van der Waals surface area contributed by atoms with Gasteiger partial charge in [0.05, 0.1) is 10.4 Å². The van der Waals surface area contributed by atoms with Gasteiger partial charge in [0.1, 0.15) is 0 Å². The van der Waals surface area contributed by atoms with Crippen LogP contribution in [-0.4, -0.2) is 26.4 Å². The highest BCUT2D eigenvalue weighted by atomic mass is 32.2. The average molecular weight is 283 g/mol. The summed E-state index contributed by atoms with van der Waals surface area (Å²) in [6, 6.07) is 6.28. The monoisotopic (exact) mass is 283 g/mol. The Kier molecular flexibility index (Phi) is 3.62. The van der Waals surface area contributed by atoms with Gasteiger partial charge in [-0.3, -0.25) is 4.79 Å². The zero-order valence-corrected chi connectivity index (χ0v) is 11.2. The van der Waals surface area contributed by atoms with E-state index in [1.807, 2.05) is 0 Å². The fraction of sp³-hybridized carbons (Fsp3) is 0.417. The quantitative estimate of drug-likeness (QED) is 0.674. The molecule has 1 aliphatic carbocycles. The van der Waals surface area contributed by atoms with Gasteiger partial charge >= 0.3 is 0 Å². The molecule has 0 spiro atoms. The maximum Gasteiger partial charge on any atom is 0.240 e. The Balaban J connectivity index is 1.85. The molecular weight excluding hydrogens is 266 g/mol. The zero-order valence-electron chi connectivity index (χ0n) is 10.4. The summed E-state index contributed by atoms with van der Waals surface area (Å²) in [4.78, 5) is 11.7. The number of hydrogen-bond donors (Lipinski definition) is 3. The highest BCUT2D eigenvalue weighted by Gasteiger charge is 2.45. The van der Waals surface area contributed by atoms with E-state index in [9.17, 15) is 13.2 Å². The number of carbonyl (C=O) groups excluding carboxylic acids is 1. The standard InChI is InChI=1S/C12H17N3O3S/c13-12(6-7-12)11(16)15-8-5-9-1-3-10(4-2-9)19(14,17)18/h1-4H,5-8,13H2,(H,15,16)(H2,14,17,18). The molecular formula is C12H17N3O3S. The minimum absolute atomic E-state index is 0.0826. The lowest BCUT2D eigenvalue weighted by Crippen LogP contribution is -2.43. The van der Waals surface area contributed by atoms with E-state index in [-0.39, 0.29) is 10.8 Å². The molecule has 0 aliphatic heterocycles. The molecule has 2 rings (SSSR count). The Labute approximate surface area is 112 Å². The number of sulfonamides is 1.